The summed E-state index contributed by atoms with van der Waals surface area (Å²) >= 11 is 0. The third-order valence-corrected chi connectivity index (χ3v) is 14.2. The topological polar surface area (TPSA) is 228 Å². The van der Waals surface area contributed by atoms with Gasteiger partial charge in [-0.1, -0.05) is 220 Å². The summed E-state index contributed by atoms with van der Waals surface area (Å²) in [6, 6.07) is -0.930. The molecule has 0 aromatic rings. The van der Waals surface area contributed by atoms with Crippen molar-refractivity contribution in [3.05, 3.63) is 109 Å². The Kier molecular flexibility index (Phi) is 44.8. The normalized spacial score (nSPS) is 25.2. The number of carbonyl (C=O) groups excluding carboxylic acids is 1. The van der Waals surface area contributed by atoms with Crippen LogP contribution in [-0.2, 0) is 23.7 Å². The molecule has 1 amide bonds. The smallest absolute Gasteiger partial charge is 0.220 e. The van der Waals surface area contributed by atoms with Crippen LogP contribution in [0.2, 0.25) is 0 Å². The Labute approximate surface area is 476 Å². The largest absolute Gasteiger partial charge is 0.394 e. The molecular formula is C65H109NO13. The first-order chi connectivity index (χ1) is 38.6. The van der Waals surface area contributed by atoms with Crippen LogP contribution in [-0.4, -0.2) is 140 Å². The van der Waals surface area contributed by atoms with Crippen LogP contribution < -0.4 is 5.32 Å². The van der Waals surface area contributed by atoms with Crippen molar-refractivity contribution in [2.75, 3.05) is 19.8 Å². The van der Waals surface area contributed by atoms with E-state index in [1.807, 2.05) is 6.08 Å². The minimum absolute atomic E-state index is 0.257. The van der Waals surface area contributed by atoms with Crippen molar-refractivity contribution in [3.8, 4) is 0 Å². The van der Waals surface area contributed by atoms with Crippen LogP contribution in [0.4, 0.5) is 0 Å². The molecule has 0 aliphatic carbocycles. The minimum atomic E-state index is -1.79. The fourth-order valence-corrected chi connectivity index (χ4v) is 9.31. The maximum Gasteiger partial charge on any atom is 0.220 e. The molecule has 2 aliphatic rings. The van der Waals surface area contributed by atoms with Crippen LogP contribution in [0.5, 0.6) is 0 Å². The zero-order valence-corrected chi connectivity index (χ0v) is 48.6. The minimum Gasteiger partial charge on any atom is -0.394 e. The third-order valence-electron chi connectivity index (χ3n) is 14.2. The summed E-state index contributed by atoms with van der Waals surface area (Å²) in [4.78, 5) is 13.3. The van der Waals surface area contributed by atoms with Crippen molar-refractivity contribution in [3.63, 3.8) is 0 Å². The number of allylic oxidation sites excluding steroid dienone is 17. The number of nitrogens with one attached hydrogen (secondary N) is 1. The molecule has 0 spiro atoms. The first-order valence-corrected chi connectivity index (χ1v) is 30.6. The van der Waals surface area contributed by atoms with Gasteiger partial charge in [-0.15, -0.1) is 0 Å². The molecule has 2 rings (SSSR count). The summed E-state index contributed by atoms with van der Waals surface area (Å²) in [5.41, 5.74) is 0. The lowest BCUT2D eigenvalue weighted by atomic mass is 9.97. The monoisotopic (exact) mass is 1110 g/mol. The fourth-order valence-electron chi connectivity index (χ4n) is 9.31. The quantitative estimate of drug-likeness (QED) is 0.0204. The van der Waals surface area contributed by atoms with Crippen LogP contribution in [0.25, 0.3) is 0 Å². The van der Waals surface area contributed by atoms with E-state index in [9.17, 15) is 45.6 Å². The van der Waals surface area contributed by atoms with Gasteiger partial charge in [0.1, 0.15) is 48.8 Å². The molecule has 14 nitrogen and oxygen atoms in total. The predicted octanol–water partition coefficient (Wildman–Crippen LogP) is 10.8. The maximum absolute atomic E-state index is 13.3. The standard InChI is InChI=1S/C65H109NO13/c1-3-5-7-9-11-13-15-17-19-20-21-22-23-24-25-26-27-28-29-30-31-32-33-34-35-37-39-41-43-45-47-49-57(70)66-53(54(69)48-46-44-42-40-38-36-18-16-14-12-10-8-6-4-2)52-76-64-62(75)60(73)63(56(51-68)78-64)79-65-61(74)59(72)58(71)55(50-67)77-65/h5,7,11,13,17,19,21-22,24-25,27-28,30-31,33-34,46,48,53-56,58-65,67-69,71-75H,3-4,6,8-10,12,14-16,18,20,23,26,29,32,35-45,47,49-52H2,1-2H3,(H,66,70)/b7-5-,13-11-,19-17-,22-21-,25-24-,28-27-,31-30-,34-33-,48-46+. The molecule has 0 aromatic heterocycles. The molecule has 452 valence electrons. The number of ether oxygens (including phenoxy) is 4. The van der Waals surface area contributed by atoms with Gasteiger partial charge in [-0.2, -0.15) is 0 Å². The van der Waals surface area contributed by atoms with Gasteiger partial charge in [0.2, 0.25) is 5.91 Å². The molecule has 0 aromatic carbocycles. The number of carbonyl (C=O) groups is 1. The van der Waals surface area contributed by atoms with E-state index in [-0.39, 0.29) is 18.9 Å². The van der Waals surface area contributed by atoms with Crippen molar-refractivity contribution >= 4 is 5.91 Å². The summed E-state index contributed by atoms with van der Waals surface area (Å²) in [7, 11) is 0. The van der Waals surface area contributed by atoms with Crippen molar-refractivity contribution in [1.82, 2.24) is 5.32 Å². The van der Waals surface area contributed by atoms with Crippen LogP contribution in [0.3, 0.4) is 0 Å². The number of unbranched alkanes of at least 4 members (excludes halogenated alkanes) is 18. The van der Waals surface area contributed by atoms with E-state index in [0.717, 1.165) is 109 Å². The molecule has 2 saturated heterocycles. The number of amides is 1. The SMILES string of the molecule is CC/C=C\C/C=C\C/C=C\C/C=C\C/C=C\C/C=C\C/C=C\C/C=C\CCCCCCCCC(=O)NC(COC1OC(CO)C(OC2OC(CO)C(O)C(O)C2O)C(O)C1O)C(O)/C=C/CCCCCCCCCCCCCC. The average molecular weight is 1110 g/mol. The molecule has 2 heterocycles. The van der Waals surface area contributed by atoms with Crippen LogP contribution in [0, 0.1) is 0 Å². The van der Waals surface area contributed by atoms with Crippen LogP contribution >= 0.6 is 0 Å². The first kappa shape index (κ1) is 71.8. The Hall–Kier alpha value is -3.35. The lowest BCUT2D eigenvalue weighted by Crippen LogP contribution is -2.65. The van der Waals surface area contributed by atoms with Gasteiger partial charge in [0.15, 0.2) is 12.6 Å². The molecule has 2 fully saturated rings. The van der Waals surface area contributed by atoms with Gasteiger partial charge in [0.05, 0.1) is 32.0 Å². The zero-order valence-electron chi connectivity index (χ0n) is 48.6. The van der Waals surface area contributed by atoms with E-state index in [4.69, 9.17) is 18.9 Å². The fraction of sp³-hybridized carbons (Fsp3) is 0.708. The van der Waals surface area contributed by atoms with E-state index in [1.165, 1.54) is 64.2 Å². The number of aliphatic hydroxyl groups excluding tert-OH is 8. The molecule has 79 heavy (non-hydrogen) atoms. The lowest BCUT2D eigenvalue weighted by Gasteiger charge is -2.46. The second kappa shape index (κ2) is 49.3. The van der Waals surface area contributed by atoms with E-state index in [0.29, 0.717) is 6.42 Å². The number of hydrogen-bond acceptors (Lipinski definition) is 13. The highest BCUT2D eigenvalue weighted by atomic mass is 16.7. The van der Waals surface area contributed by atoms with Crippen molar-refractivity contribution in [2.24, 2.45) is 0 Å². The second-order valence-corrected chi connectivity index (χ2v) is 21.1. The Morgan fingerprint density at radius 2 is 0.873 bits per heavy atom. The molecule has 0 saturated carbocycles. The van der Waals surface area contributed by atoms with E-state index in [1.54, 1.807) is 6.08 Å². The van der Waals surface area contributed by atoms with E-state index < -0.39 is 86.8 Å². The van der Waals surface area contributed by atoms with Gasteiger partial charge in [0.25, 0.3) is 0 Å². The highest BCUT2D eigenvalue weighted by Crippen LogP contribution is 2.30. The molecule has 2 aliphatic heterocycles. The number of hydrogen-bond donors (Lipinski definition) is 9. The zero-order chi connectivity index (χ0) is 57.4. The first-order valence-electron chi connectivity index (χ1n) is 30.6. The average Bonchev–Trinajstić information content (AvgIpc) is 3.55. The van der Waals surface area contributed by atoms with Crippen LogP contribution in [0.15, 0.2) is 109 Å². The van der Waals surface area contributed by atoms with E-state index >= 15 is 0 Å². The Morgan fingerprint density at radius 3 is 1.34 bits per heavy atom. The van der Waals surface area contributed by atoms with Gasteiger partial charge in [-0.25, -0.2) is 0 Å². The second-order valence-electron chi connectivity index (χ2n) is 21.1. The third kappa shape index (κ3) is 34.6. The summed E-state index contributed by atoms with van der Waals surface area (Å²) in [5, 5.41) is 87.1. The molecule has 0 bridgehead atoms. The van der Waals surface area contributed by atoms with Gasteiger partial charge < -0.3 is 65.1 Å². The maximum atomic E-state index is 13.3. The predicted molar refractivity (Wildman–Crippen MR) is 318 cm³/mol. The molecular weight excluding hydrogens is 1000 g/mol. The Balaban J connectivity index is 1.72. The van der Waals surface area contributed by atoms with Crippen molar-refractivity contribution in [2.45, 2.75) is 274 Å². The highest BCUT2D eigenvalue weighted by molar-refractivity contribution is 5.76. The van der Waals surface area contributed by atoms with Gasteiger partial charge >= 0.3 is 0 Å². The number of aliphatic hydroxyl groups is 8. The van der Waals surface area contributed by atoms with Gasteiger partial charge in [0, 0.05) is 6.42 Å². The number of rotatable bonds is 47. The molecule has 14 heteroatoms. The summed E-state index contributed by atoms with van der Waals surface area (Å²) < 4.78 is 22.8. The summed E-state index contributed by atoms with van der Waals surface area (Å²) in [6.45, 7) is 2.65. The Bertz CT molecular complexity index is 1740. The van der Waals surface area contributed by atoms with Crippen LogP contribution in [0.1, 0.15) is 200 Å². The molecule has 12 unspecified atom stereocenters. The highest BCUT2D eigenvalue weighted by Gasteiger charge is 2.51. The summed E-state index contributed by atoms with van der Waals surface area (Å²) in [6.07, 6.45) is 52.6. The molecule has 12 atom stereocenters. The Morgan fingerprint density at radius 1 is 0.468 bits per heavy atom. The summed E-state index contributed by atoms with van der Waals surface area (Å²) in [5.74, 6) is -0.259. The van der Waals surface area contributed by atoms with E-state index in [2.05, 4.69) is 116 Å². The lowest BCUT2D eigenvalue weighted by molar-refractivity contribution is -0.359. The van der Waals surface area contributed by atoms with Gasteiger partial charge in [-0.05, 0) is 83.5 Å². The van der Waals surface area contributed by atoms with Crippen molar-refractivity contribution < 1.29 is 64.6 Å². The van der Waals surface area contributed by atoms with Crippen molar-refractivity contribution in [1.29, 1.82) is 0 Å². The molecule has 9 N–H and O–H groups in total. The van der Waals surface area contributed by atoms with Gasteiger partial charge in [-0.3, -0.25) is 4.79 Å². The molecule has 0 radical (unpaired) electrons.